The molecule has 1 atom stereocenters. The van der Waals surface area contributed by atoms with E-state index in [1.807, 2.05) is 36.4 Å². The van der Waals surface area contributed by atoms with Crippen molar-refractivity contribution in [2.75, 3.05) is 20.3 Å². The van der Waals surface area contributed by atoms with E-state index in [1.165, 1.54) is 31.4 Å². The second-order valence-electron chi connectivity index (χ2n) is 8.94. The molecule has 1 amide bonds. The number of ether oxygens (including phenoxy) is 2. The molecule has 0 aliphatic heterocycles. The zero-order chi connectivity index (χ0) is 27.1. The molecule has 1 aliphatic carbocycles. The molecule has 3 aromatic rings. The lowest BCUT2D eigenvalue weighted by atomic mass is 9.98. The van der Waals surface area contributed by atoms with Crippen LogP contribution in [-0.2, 0) is 19.6 Å². The second kappa shape index (κ2) is 12.1. The largest absolute Gasteiger partial charge is 0.497 e. The molecule has 0 saturated carbocycles. The van der Waals surface area contributed by atoms with Crippen LogP contribution in [0.5, 0.6) is 5.75 Å². The van der Waals surface area contributed by atoms with Crippen molar-refractivity contribution < 1.29 is 32.6 Å². The normalized spacial score (nSPS) is 13.3. The Morgan fingerprint density at radius 3 is 2.11 bits per heavy atom. The number of aliphatic carboxylic acids is 1. The van der Waals surface area contributed by atoms with E-state index in [-0.39, 0.29) is 30.4 Å². The van der Waals surface area contributed by atoms with Gasteiger partial charge in [-0.3, -0.25) is 4.79 Å². The first-order valence-corrected chi connectivity index (χ1v) is 13.8. The van der Waals surface area contributed by atoms with Crippen molar-refractivity contribution in [1.29, 1.82) is 0 Å². The van der Waals surface area contributed by atoms with Crippen LogP contribution in [0.3, 0.4) is 0 Å². The summed E-state index contributed by atoms with van der Waals surface area (Å²) in [6.07, 6.45) is 0.350. The van der Waals surface area contributed by atoms with Crippen molar-refractivity contribution in [2.45, 2.75) is 36.1 Å². The van der Waals surface area contributed by atoms with Gasteiger partial charge in [-0.2, -0.15) is 4.72 Å². The topological polar surface area (TPSA) is 131 Å². The number of amides is 1. The van der Waals surface area contributed by atoms with Gasteiger partial charge in [0.1, 0.15) is 18.4 Å². The number of nitrogens with one attached hydrogen (secondary N) is 2. The van der Waals surface area contributed by atoms with Crippen LogP contribution in [0.25, 0.3) is 11.1 Å². The number of methoxy groups -OCH3 is 1. The Hall–Kier alpha value is -3.89. The Morgan fingerprint density at radius 2 is 1.53 bits per heavy atom. The van der Waals surface area contributed by atoms with Crippen molar-refractivity contribution in [3.63, 3.8) is 0 Å². The van der Waals surface area contributed by atoms with Crippen molar-refractivity contribution in [1.82, 2.24) is 10.0 Å². The molecule has 9 nitrogen and oxygen atoms in total. The van der Waals surface area contributed by atoms with Crippen molar-refractivity contribution >= 4 is 22.1 Å². The number of carboxylic acids is 1. The van der Waals surface area contributed by atoms with Crippen LogP contribution in [0.1, 0.15) is 36.3 Å². The fourth-order valence-electron chi connectivity index (χ4n) is 4.56. The lowest BCUT2D eigenvalue weighted by Crippen LogP contribution is -2.40. The predicted molar refractivity (Wildman–Crippen MR) is 142 cm³/mol. The fourth-order valence-corrected chi connectivity index (χ4v) is 5.78. The van der Waals surface area contributed by atoms with E-state index >= 15 is 0 Å². The summed E-state index contributed by atoms with van der Waals surface area (Å²) in [7, 11) is -2.56. The lowest BCUT2D eigenvalue weighted by Gasteiger charge is -2.16. The molecule has 0 spiro atoms. The average Bonchev–Trinajstić information content (AvgIpc) is 3.24. The number of sulfonamides is 1. The third kappa shape index (κ3) is 6.32. The highest BCUT2D eigenvalue weighted by atomic mass is 32.2. The number of rotatable bonds is 12. The SMILES string of the molecule is COc1ccc(S(=O)(=O)N[C@@H](CCCCNC(=O)OCC2c3ccccc3-c3ccccc32)C(=O)O)cc1. The Morgan fingerprint density at radius 1 is 0.921 bits per heavy atom. The maximum absolute atomic E-state index is 12.6. The molecular formula is C28H30N2O7S. The number of unbranched alkanes of at least 4 members (excludes halogenated alkanes) is 1. The molecule has 38 heavy (non-hydrogen) atoms. The van der Waals surface area contributed by atoms with E-state index in [2.05, 4.69) is 22.2 Å². The van der Waals surface area contributed by atoms with Gasteiger partial charge in [-0.1, -0.05) is 48.5 Å². The molecule has 0 radical (unpaired) electrons. The molecule has 0 fully saturated rings. The van der Waals surface area contributed by atoms with Gasteiger partial charge in [0.05, 0.1) is 12.0 Å². The Bertz CT molecular complexity index is 1340. The van der Waals surface area contributed by atoms with Crippen LogP contribution in [0.15, 0.2) is 77.7 Å². The quantitative estimate of drug-likeness (QED) is 0.296. The first kappa shape index (κ1) is 27.2. The minimum atomic E-state index is -4.02. The fraction of sp³-hybridized carbons (Fsp3) is 0.286. The van der Waals surface area contributed by atoms with Gasteiger partial charge in [-0.25, -0.2) is 13.2 Å². The van der Waals surface area contributed by atoms with Gasteiger partial charge in [-0.05, 0) is 65.8 Å². The van der Waals surface area contributed by atoms with Gasteiger partial charge in [-0.15, -0.1) is 0 Å². The Balaban J connectivity index is 1.22. The van der Waals surface area contributed by atoms with E-state index < -0.39 is 28.1 Å². The van der Waals surface area contributed by atoms with Gasteiger partial charge < -0.3 is 19.9 Å². The summed E-state index contributed by atoms with van der Waals surface area (Å²) in [4.78, 5) is 23.9. The molecule has 10 heteroatoms. The highest BCUT2D eigenvalue weighted by molar-refractivity contribution is 7.89. The molecule has 3 N–H and O–H groups in total. The Kier molecular flexibility index (Phi) is 8.65. The summed E-state index contributed by atoms with van der Waals surface area (Å²) in [6.45, 7) is 0.475. The van der Waals surface area contributed by atoms with Crippen molar-refractivity contribution in [3.8, 4) is 16.9 Å². The molecule has 0 unspecified atom stereocenters. The number of carboxylic acid groups (broad SMARTS) is 1. The monoisotopic (exact) mass is 538 g/mol. The molecular weight excluding hydrogens is 508 g/mol. The van der Waals surface area contributed by atoms with Crippen LogP contribution in [0, 0.1) is 0 Å². The van der Waals surface area contributed by atoms with Gasteiger partial charge in [0.2, 0.25) is 10.0 Å². The summed E-state index contributed by atoms with van der Waals surface area (Å²) in [5.41, 5.74) is 4.54. The van der Waals surface area contributed by atoms with Gasteiger partial charge in [0, 0.05) is 12.5 Å². The number of carbonyl (C=O) groups excluding carboxylic acids is 1. The van der Waals surface area contributed by atoms with E-state index in [4.69, 9.17) is 9.47 Å². The second-order valence-corrected chi connectivity index (χ2v) is 10.6. The zero-order valence-electron chi connectivity index (χ0n) is 20.9. The van der Waals surface area contributed by atoms with E-state index in [9.17, 15) is 23.1 Å². The maximum Gasteiger partial charge on any atom is 0.407 e. The minimum Gasteiger partial charge on any atom is -0.497 e. The van der Waals surface area contributed by atoms with Crippen LogP contribution in [0.4, 0.5) is 4.79 Å². The number of hydrogen-bond donors (Lipinski definition) is 3. The highest BCUT2D eigenvalue weighted by Crippen LogP contribution is 2.44. The van der Waals surface area contributed by atoms with Gasteiger partial charge >= 0.3 is 12.1 Å². The number of fused-ring (bicyclic) bond motifs is 3. The standard InChI is InChI=1S/C28H30N2O7S/c1-36-19-13-15-20(16-14-19)38(34,35)30-26(27(31)32)12-6-7-17-29-28(33)37-18-25-23-10-4-2-8-21(23)22-9-3-5-11-24(22)25/h2-5,8-11,13-16,25-26,30H,6-7,12,17-18H2,1H3,(H,29,33)(H,31,32)/t26-/m0/s1. The summed E-state index contributed by atoms with van der Waals surface area (Å²) < 4.78 is 37.9. The maximum atomic E-state index is 12.6. The number of benzene rings is 3. The molecule has 3 aromatic carbocycles. The van der Waals surface area contributed by atoms with Crippen LogP contribution in [0.2, 0.25) is 0 Å². The van der Waals surface area contributed by atoms with E-state index in [1.54, 1.807) is 0 Å². The third-order valence-electron chi connectivity index (χ3n) is 6.50. The molecule has 1 aliphatic rings. The molecule has 0 aromatic heterocycles. The van der Waals surface area contributed by atoms with Gasteiger partial charge in [0.15, 0.2) is 0 Å². The highest BCUT2D eigenvalue weighted by Gasteiger charge is 2.29. The average molecular weight is 539 g/mol. The zero-order valence-corrected chi connectivity index (χ0v) is 21.7. The van der Waals surface area contributed by atoms with Crippen molar-refractivity contribution in [2.24, 2.45) is 0 Å². The molecule has 0 saturated heterocycles. The van der Waals surface area contributed by atoms with E-state index in [0.29, 0.717) is 18.6 Å². The van der Waals surface area contributed by atoms with Crippen LogP contribution < -0.4 is 14.8 Å². The number of hydrogen-bond acceptors (Lipinski definition) is 6. The summed E-state index contributed by atoms with van der Waals surface area (Å²) >= 11 is 0. The Labute approximate surface area is 221 Å². The number of alkyl carbamates (subject to hydrolysis) is 1. The molecule has 200 valence electrons. The lowest BCUT2D eigenvalue weighted by molar-refractivity contribution is -0.139. The third-order valence-corrected chi connectivity index (χ3v) is 7.99. The smallest absolute Gasteiger partial charge is 0.407 e. The van der Waals surface area contributed by atoms with Crippen LogP contribution >= 0.6 is 0 Å². The van der Waals surface area contributed by atoms with Crippen LogP contribution in [-0.4, -0.2) is 51.9 Å². The minimum absolute atomic E-state index is 0.0387. The van der Waals surface area contributed by atoms with Crippen molar-refractivity contribution in [3.05, 3.63) is 83.9 Å². The summed E-state index contributed by atoms with van der Waals surface area (Å²) in [5, 5.41) is 12.2. The number of carbonyl (C=O) groups is 2. The summed E-state index contributed by atoms with van der Waals surface area (Å²) in [5.74, 6) is -0.822. The van der Waals surface area contributed by atoms with E-state index in [0.717, 1.165) is 22.3 Å². The first-order valence-electron chi connectivity index (χ1n) is 12.3. The summed E-state index contributed by atoms with van der Waals surface area (Å²) in [6, 6.07) is 20.5. The molecule has 0 bridgehead atoms. The van der Waals surface area contributed by atoms with Gasteiger partial charge in [0.25, 0.3) is 0 Å². The first-order chi connectivity index (χ1) is 18.3. The molecule has 4 rings (SSSR count). The molecule has 0 heterocycles. The predicted octanol–water partition coefficient (Wildman–Crippen LogP) is 4.14.